The van der Waals surface area contributed by atoms with Gasteiger partial charge in [-0.25, -0.2) is 0 Å². The molecule has 1 N–H and O–H groups in total. The summed E-state index contributed by atoms with van der Waals surface area (Å²) in [5.74, 6) is 5.30. The minimum absolute atomic E-state index is 0.114. The predicted molar refractivity (Wildman–Crippen MR) is 81.5 cm³/mol. The Kier molecular flexibility index (Phi) is 5.42. The van der Waals surface area contributed by atoms with Crippen LogP contribution in [0.2, 0.25) is 0 Å². The third-order valence-electron chi connectivity index (χ3n) is 3.00. The quantitative estimate of drug-likeness (QED) is 0.864. The maximum absolute atomic E-state index is 12.6. The lowest BCUT2D eigenvalue weighted by Crippen LogP contribution is -2.25. The third-order valence-corrected chi connectivity index (χ3v) is 3.00. The number of rotatable bonds is 3. The van der Waals surface area contributed by atoms with Gasteiger partial charge < -0.3 is 5.32 Å². The van der Waals surface area contributed by atoms with Gasteiger partial charge in [0, 0.05) is 5.56 Å². The SMILES string of the molecule is O=C(Cc1cccc(C(F)(F)F)c1)NCC#Cc1ccccc1. The highest BCUT2D eigenvalue weighted by atomic mass is 19.4. The van der Waals surface area contributed by atoms with E-state index in [-0.39, 0.29) is 18.9 Å². The van der Waals surface area contributed by atoms with Gasteiger partial charge in [-0.05, 0) is 23.8 Å². The van der Waals surface area contributed by atoms with E-state index in [1.165, 1.54) is 12.1 Å². The Morgan fingerprint density at radius 2 is 1.78 bits per heavy atom. The average Bonchev–Trinajstić information content (AvgIpc) is 2.52. The molecular formula is C18H14F3NO. The van der Waals surface area contributed by atoms with E-state index in [0.717, 1.165) is 17.7 Å². The molecule has 0 fully saturated rings. The highest BCUT2D eigenvalue weighted by molar-refractivity contribution is 5.78. The first-order chi connectivity index (χ1) is 10.9. The van der Waals surface area contributed by atoms with Crippen molar-refractivity contribution in [1.29, 1.82) is 0 Å². The number of nitrogens with one attached hydrogen (secondary N) is 1. The van der Waals surface area contributed by atoms with Crippen LogP contribution in [0.15, 0.2) is 54.6 Å². The molecule has 0 saturated carbocycles. The molecule has 0 saturated heterocycles. The van der Waals surface area contributed by atoms with Gasteiger partial charge in [-0.2, -0.15) is 13.2 Å². The molecule has 0 unspecified atom stereocenters. The number of benzene rings is 2. The summed E-state index contributed by atoms with van der Waals surface area (Å²) < 4.78 is 37.8. The number of hydrogen-bond donors (Lipinski definition) is 1. The largest absolute Gasteiger partial charge is 0.416 e. The normalized spacial score (nSPS) is 10.6. The van der Waals surface area contributed by atoms with Gasteiger partial charge >= 0.3 is 6.18 Å². The second kappa shape index (κ2) is 7.50. The fourth-order valence-electron chi connectivity index (χ4n) is 1.92. The molecule has 0 aromatic heterocycles. The van der Waals surface area contributed by atoms with E-state index in [0.29, 0.717) is 5.56 Å². The van der Waals surface area contributed by atoms with Crippen LogP contribution in [0.3, 0.4) is 0 Å². The second-order valence-corrected chi connectivity index (χ2v) is 4.82. The van der Waals surface area contributed by atoms with Crippen LogP contribution in [0, 0.1) is 11.8 Å². The van der Waals surface area contributed by atoms with Crippen molar-refractivity contribution in [1.82, 2.24) is 5.32 Å². The molecule has 2 nitrogen and oxygen atoms in total. The molecule has 2 aromatic rings. The number of hydrogen-bond acceptors (Lipinski definition) is 1. The zero-order chi connectivity index (χ0) is 16.7. The van der Waals surface area contributed by atoms with E-state index < -0.39 is 11.7 Å². The van der Waals surface area contributed by atoms with Crippen LogP contribution in [0.25, 0.3) is 0 Å². The summed E-state index contributed by atoms with van der Waals surface area (Å²) in [7, 11) is 0. The lowest BCUT2D eigenvalue weighted by Gasteiger charge is -2.08. The first kappa shape index (κ1) is 16.6. The molecule has 0 atom stereocenters. The van der Waals surface area contributed by atoms with Crippen LogP contribution < -0.4 is 5.32 Å². The van der Waals surface area contributed by atoms with E-state index in [1.807, 2.05) is 30.3 Å². The Labute approximate surface area is 132 Å². The summed E-state index contributed by atoms with van der Waals surface area (Å²) in [5, 5.41) is 2.57. The van der Waals surface area contributed by atoms with Crippen LogP contribution in [0.4, 0.5) is 13.2 Å². The molecule has 1 amide bonds. The summed E-state index contributed by atoms with van der Waals surface area (Å²) in [6.07, 6.45) is -4.52. The monoisotopic (exact) mass is 317 g/mol. The maximum Gasteiger partial charge on any atom is 0.416 e. The van der Waals surface area contributed by atoms with Crippen LogP contribution in [0.1, 0.15) is 16.7 Å². The van der Waals surface area contributed by atoms with Crippen molar-refractivity contribution < 1.29 is 18.0 Å². The van der Waals surface area contributed by atoms with Crippen LogP contribution >= 0.6 is 0 Å². The number of carbonyl (C=O) groups is 1. The van der Waals surface area contributed by atoms with E-state index in [2.05, 4.69) is 17.2 Å². The average molecular weight is 317 g/mol. The van der Waals surface area contributed by atoms with Gasteiger partial charge in [0.2, 0.25) is 5.91 Å². The van der Waals surface area contributed by atoms with Crippen molar-refractivity contribution >= 4 is 5.91 Å². The standard InChI is InChI=1S/C18H14F3NO/c19-18(20,21)16-10-4-8-15(12-16)13-17(23)22-11-5-9-14-6-2-1-3-7-14/h1-4,6-8,10,12H,11,13H2,(H,22,23). The highest BCUT2D eigenvalue weighted by Gasteiger charge is 2.30. The van der Waals surface area contributed by atoms with Crippen LogP contribution in [-0.2, 0) is 17.4 Å². The Morgan fingerprint density at radius 1 is 1.04 bits per heavy atom. The Morgan fingerprint density at radius 3 is 2.48 bits per heavy atom. The first-order valence-corrected chi connectivity index (χ1v) is 6.92. The molecule has 0 aliphatic heterocycles. The predicted octanol–water partition coefficient (Wildman–Crippen LogP) is 3.42. The molecule has 5 heteroatoms. The molecule has 0 aliphatic rings. The molecule has 0 heterocycles. The molecule has 23 heavy (non-hydrogen) atoms. The lowest BCUT2D eigenvalue weighted by atomic mass is 10.1. The van der Waals surface area contributed by atoms with Crippen molar-refractivity contribution in [2.45, 2.75) is 12.6 Å². The molecule has 2 aromatic carbocycles. The molecule has 0 spiro atoms. The van der Waals surface area contributed by atoms with Crippen molar-refractivity contribution in [2.75, 3.05) is 6.54 Å². The number of halogens is 3. The third kappa shape index (κ3) is 5.51. The highest BCUT2D eigenvalue weighted by Crippen LogP contribution is 2.29. The van der Waals surface area contributed by atoms with Gasteiger partial charge in [-0.1, -0.05) is 48.2 Å². The second-order valence-electron chi connectivity index (χ2n) is 4.82. The molecule has 0 aliphatic carbocycles. The van der Waals surface area contributed by atoms with Gasteiger partial charge in [0.05, 0.1) is 18.5 Å². The Hall–Kier alpha value is -2.74. The molecule has 0 radical (unpaired) electrons. The fourth-order valence-corrected chi connectivity index (χ4v) is 1.92. The number of amides is 1. The van der Waals surface area contributed by atoms with Crippen molar-refractivity contribution in [3.63, 3.8) is 0 Å². The zero-order valence-electron chi connectivity index (χ0n) is 12.2. The van der Waals surface area contributed by atoms with Gasteiger partial charge in [-0.3, -0.25) is 4.79 Å². The Balaban J connectivity index is 1.87. The summed E-state index contributed by atoms with van der Waals surface area (Å²) in [6.45, 7) is 0.146. The van der Waals surface area contributed by atoms with Crippen molar-refractivity contribution in [2.24, 2.45) is 0 Å². The van der Waals surface area contributed by atoms with Crippen LogP contribution in [0.5, 0.6) is 0 Å². The zero-order valence-corrected chi connectivity index (χ0v) is 12.2. The lowest BCUT2D eigenvalue weighted by molar-refractivity contribution is -0.137. The molecule has 0 bridgehead atoms. The smallest absolute Gasteiger partial charge is 0.345 e. The minimum Gasteiger partial charge on any atom is -0.345 e. The fraction of sp³-hybridized carbons (Fsp3) is 0.167. The molecule has 118 valence electrons. The van der Waals surface area contributed by atoms with E-state index in [1.54, 1.807) is 0 Å². The maximum atomic E-state index is 12.6. The molecular weight excluding hydrogens is 303 g/mol. The summed E-state index contributed by atoms with van der Waals surface area (Å²) in [6, 6.07) is 14.0. The minimum atomic E-state index is -4.41. The van der Waals surface area contributed by atoms with E-state index in [9.17, 15) is 18.0 Å². The summed E-state index contributed by atoms with van der Waals surface area (Å²) >= 11 is 0. The van der Waals surface area contributed by atoms with Gasteiger partial charge in [0.25, 0.3) is 0 Å². The Bertz CT molecular complexity index is 727. The van der Waals surface area contributed by atoms with E-state index in [4.69, 9.17) is 0 Å². The first-order valence-electron chi connectivity index (χ1n) is 6.92. The van der Waals surface area contributed by atoms with Crippen molar-refractivity contribution in [3.05, 3.63) is 71.3 Å². The topological polar surface area (TPSA) is 29.1 Å². The summed E-state index contributed by atoms with van der Waals surface area (Å²) in [5.41, 5.74) is 0.389. The number of carbonyl (C=O) groups excluding carboxylic acids is 1. The number of alkyl halides is 3. The van der Waals surface area contributed by atoms with Gasteiger partial charge in [-0.15, -0.1) is 0 Å². The van der Waals surface area contributed by atoms with Crippen LogP contribution in [-0.4, -0.2) is 12.5 Å². The van der Waals surface area contributed by atoms with Gasteiger partial charge in [0.15, 0.2) is 0 Å². The van der Waals surface area contributed by atoms with Gasteiger partial charge in [0.1, 0.15) is 0 Å². The van der Waals surface area contributed by atoms with Crippen molar-refractivity contribution in [3.8, 4) is 11.8 Å². The summed E-state index contributed by atoms with van der Waals surface area (Å²) in [4.78, 5) is 11.7. The van der Waals surface area contributed by atoms with E-state index >= 15 is 0 Å². The molecule has 2 rings (SSSR count).